The second-order valence-electron chi connectivity index (χ2n) is 3.69. The standard InChI is InChI=1S/C13H18O3/c1-2-16-13(15)9-8-12(14)10-11-6-4-3-5-7-11/h3-7,12,14H,2,8-10H2,1H3/t12-/m0/s1. The summed E-state index contributed by atoms with van der Waals surface area (Å²) >= 11 is 0. The zero-order chi connectivity index (χ0) is 11.8. The van der Waals surface area contributed by atoms with E-state index in [1.165, 1.54) is 0 Å². The van der Waals surface area contributed by atoms with Crippen molar-refractivity contribution >= 4 is 5.97 Å². The average molecular weight is 222 g/mol. The third-order valence-electron chi connectivity index (χ3n) is 2.30. The highest BCUT2D eigenvalue weighted by Gasteiger charge is 2.09. The van der Waals surface area contributed by atoms with Crippen LogP contribution >= 0.6 is 0 Å². The number of benzene rings is 1. The number of carbonyl (C=O) groups is 1. The monoisotopic (exact) mass is 222 g/mol. The molecule has 0 unspecified atom stereocenters. The molecule has 1 aromatic carbocycles. The molecule has 0 aliphatic heterocycles. The molecule has 0 heterocycles. The van der Waals surface area contributed by atoms with Crippen LogP contribution in [-0.2, 0) is 16.0 Å². The molecule has 0 amide bonds. The van der Waals surface area contributed by atoms with Gasteiger partial charge in [0.15, 0.2) is 0 Å². The van der Waals surface area contributed by atoms with Gasteiger partial charge in [-0.25, -0.2) is 0 Å². The highest BCUT2D eigenvalue weighted by Crippen LogP contribution is 2.07. The zero-order valence-corrected chi connectivity index (χ0v) is 9.56. The van der Waals surface area contributed by atoms with Crippen molar-refractivity contribution in [3.05, 3.63) is 35.9 Å². The summed E-state index contributed by atoms with van der Waals surface area (Å²) in [6.07, 6.45) is 0.835. The van der Waals surface area contributed by atoms with Gasteiger partial charge in [0.05, 0.1) is 12.7 Å². The molecule has 1 atom stereocenters. The van der Waals surface area contributed by atoms with Crippen LogP contribution in [0.4, 0.5) is 0 Å². The van der Waals surface area contributed by atoms with Gasteiger partial charge in [-0.05, 0) is 25.3 Å². The fourth-order valence-corrected chi connectivity index (χ4v) is 1.51. The molecule has 0 aliphatic carbocycles. The first-order valence-electron chi connectivity index (χ1n) is 5.60. The number of ether oxygens (including phenoxy) is 1. The van der Waals surface area contributed by atoms with E-state index in [0.717, 1.165) is 5.56 Å². The van der Waals surface area contributed by atoms with Gasteiger partial charge in [0.25, 0.3) is 0 Å². The molecule has 88 valence electrons. The maximum atomic E-state index is 11.1. The molecule has 3 heteroatoms. The molecule has 1 aromatic rings. The summed E-state index contributed by atoms with van der Waals surface area (Å²) in [5.74, 6) is -0.241. The van der Waals surface area contributed by atoms with Gasteiger partial charge in [0, 0.05) is 6.42 Å². The highest BCUT2D eigenvalue weighted by molar-refractivity contribution is 5.69. The van der Waals surface area contributed by atoms with Gasteiger partial charge in [-0.15, -0.1) is 0 Å². The lowest BCUT2D eigenvalue weighted by molar-refractivity contribution is -0.143. The van der Waals surface area contributed by atoms with E-state index in [0.29, 0.717) is 19.4 Å². The first kappa shape index (κ1) is 12.7. The van der Waals surface area contributed by atoms with Crippen molar-refractivity contribution in [2.24, 2.45) is 0 Å². The maximum Gasteiger partial charge on any atom is 0.305 e. The van der Waals surface area contributed by atoms with Crippen LogP contribution in [0, 0.1) is 0 Å². The van der Waals surface area contributed by atoms with Crippen molar-refractivity contribution in [2.75, 3.05) is 6.61 Å². The lowest BCUT2D eigenvalue weighted by Crippen LogP contribution is -2.14. The first-order valence-corrected chi connectivity index (χ1v) is 5.60. The van der Waals surface area contributed by atoms with E-state index in [-0.39, 0.29) is 12.4 Å². The van der Waals surface area contributed by atoms with Gasteiger partial charge in [-0.1, -0.05) is 30.3 Å². The molecule has 1 N–H and O–H groups in total. The number of aliphatic hydroxyl groups excluding tert-OH is 1. The van der Waals surface area contributed by atoms with Crippen LogP contribution in [-0.4, -0.2) is 23.8 Å². The second kappa shape index (κ2) is 7.01. The van der Waals surface area contributed by atoms with Gasteiger partial charge >= 0.3 is 5.97 Å². The van der Waals surface area contributed by atoms with Crippen molar-refractivity contribution < 1.29 is 14.6 Å². The predicted octanol–water partition coefficient (Wildman–Crippen LogP) is 1.93. The van der Waals surface area contributed by atoms with E-state index in [1.807, 2.05) is 30.3 Å². The van der Waals surface area contributed by atoms with Gasteiger partial charge in [0.1, 0.15) is 0 Å². The molecule has 0 bridgehead atoms. The molecule has 0 aliphatic rings. The van der Waals surface area contributed by atoms with Crippen LogP contribution in [0.5, 0.6) is 0 Å². The third kappa shape index (κ3) is 4.94. The van der Waals surface area contributed by atoms with E-state index in [9.17, 15) is 9.90 Å². The molecule has 0 aromatic heterocycles. The smallest absolute Gasteiger partial charge is 0.305 e. The lowest BCUT2D eigenvalue weighted by atomic mass is 10.0. The maximum absolute atomic E-state index is 11.1. The summed E-state index contributed by atoms with van der Waals surface area (Å²) in [6, 6.07) is 9.75. The molecular formula is C13H18O3. The zero-order valence-electron chi connectivity index (χ0n) is 9.56. The van der Waals surface area contributed by atoms with E-state index in [4.69, 9.17) is 4.74 Å². The first-order chi connectivity index (χ1) is 7.72. The lowest BCUT2D eigenvalue weighted by Gasteiger charge is -2.09. The normalized spacial score (nSPS) is 12.1. The molecule has 0 radical (unpaired) electrons. The summed E-state index contributed by atoms with van der Waals surface area (Å²) in [5, 5.41) is 9.71. The minimum absolute atomic E-state index is 0.241. The van der Waals surface area contributed by atoms with E-state index >= 15 is 0 Å². The summed E-state index contributed by atoms with van der Waals surface area (Å²) < 4.78 is 4.79. The Morgan fingerprint density at radius 3 is 2.69 bits per heavy atom. The van der Waals surface area contributed by atoms with Gasteiger partial charge in [-0.3, -0.25) is 4.79 Å². The largest absolute Gasteiger partial charge is 0.466 e. The summed E-state index contributed by atoms with van der Waals surface area (Å²) in [6.45, 7) is 2.17. The van der Waals surface area contributed by atoms with Crippen LogP contribution in [0.1, 0.15) is 25.3 Å². The molecule has 0 spiro atoms. The van der Waals surface area contributed by atoms with Crippen molar-refractivity contribution in [2.45, 2.75) is 32.3 Å². The average Bonchev–Trinajstić information content (AvgIpc) is 2.28. The van der Waals surface area contributed by atoms with Crippen molar-refractivity contribution in [3.63, 3.8) is 0 Å². The minimum atomic E-state index is -0.480. The Morgan fingerprint density at radius 1 is 1.38 bits per heavy atom. The van der Waals surface area contributed by atoms with E-state index < -0.39 is 6.10 Å². The third-order valence-corrected chi connectivity index (χ3v) is 2.30. The number of esters is 1. The molecule has 1 rings (SSSR count). The molecule has 0 fully saturated rings. The summed E-state index contributed by atoms with van der Waals surface area (Å²) in [5.41, 5.74) is 1.08. The Balaban J connectivity index is 2.26. The Kier molecular flexibility index (Phi) is 5.57. The van der Waals surface area contributed by atoms with Crippen molar-refractivity contribution in [1.29, 1.82) is 0 Å². The van der Waals surface area contributed by atoms with E-state index in [1.54, 1.807) is 6.92 Å². The van der Waals surface area contributed by atoms with Crippen molar-refractivity contribution in [3.8, 4) is 0 Å². The quantitative estimate of drug-likeness (QED) is 0.748. The molecule has 3 nitrogen and oxygen atoms in total. The Morgan fingerprint density at radius 2 is 2.06 bits per heavy atom. The number of hydrogen-bond donors (Lipinski definition) is 1. The van der Waals surface area contributed by atoms with Crippen LogP contribution < -0.4 is 0 Å². The number of hydrogen-bond acceptors (Lipinski definition) is 3. The second-order valence-corrected chi connectivity index (χ2v) is 3.69. The van der Waals surface area contributed by atoms with Gasteiger partial charge < -0.3 is 9.84 Å². The Labute approximate surface area is 96.1 Å². The minimum Gasteiger partial charge on any atom is -0.466 e. The van der Waals surface area contributed by atoms with Crippen LogP contribution in [0.2, 0.25) is 0 Å². The number of rotatable bonds is 6. The Hall–Kier alpha value is -1.35. The predicted molar refractivity (Wildman–Crippen MR) is 62.0 cm³/mol. The van der Waals surface area contributed by atoms with Crippen molar-refractivity contribution in [1.82, 2.24) is 0 Å². The Bertz CT molecular complexity index is 308. The number of carbonyl (C=O) groups excluding carboxylic acids is 1. The summed E-state index contributed by atoms with van der Waals surface area (Å²) in [7, 11) is 0. The molecule has 0 saturated heterocycles. The molecule has 16 heavy (non-hydrogen) atoms. The SMILES string of the molecule is CCOC(=O)CC[C@H](O)Cc1ccccc1. The topological polar surface area (TPSA) is 46.5 Å². The van der Waals surface area contributed by atoms with Gasteiger partial charge in [-0.2, -0.15) is 0 Å². The van der Waals surface area contributed by atoms with Crippen LogP contribution in [0.15, 0.2) is 30.3 Å². The number of aliphatic hydroxyl groups is 1. The van der Waals surface area contributed by atoms with E-state index in [2.05, 4.69) is 0 Å². The summed E-state index contributed by atoms with van der Waals surface area (Å²) in [4.78, 5) is 11.1. The molecular weight excluding hydrogens is 204 g/mol. The fourth-order valence-electron chi connectivity index (χ4n) is 1.51. The van der Waals surface area contributed by atoms with Crippen LogP contribution in [0.25, 0.3) is 0 Å². The molecule has 0 saturated carbocycles. The van der Waals surface area contributed by atoms with Crippen LogP contribution in [0.3, 0.4) is 0 Å². The highest BCUT2D eigenvalue weighted by atomic mass is 16.5. The van der Waals surface area contributed by atoms with Gasteiger partial charge in [0.2, 0.25) is 0 Å². The fraction of sp³-hybridized carbons (Fsp3) is 0.462.